The summed E-state index contributed by atoms with van der Waals surface area (Å²) in [7, 11) is 3.48. The topological polar surface area (TPSA) is 56.7 Å². The second kappa shape index (κ2) is 13.0. The minimum Gasteiger partial charge on any atom is -0.356 e. The summed E-state index contributed by atoms with van der Waals surface area (Å²) >= 11 is 3.55. The molecule has 1 amide bonds. The summed E-state index contributed by atoms with van der Waals surface area (Å²) in [5.74, 6) is 1.57. The van der Waals surface area contributed by atoms with Gasteiger partial charge in [-0.1, -0.05) is 18.2 Å². The number of rotatable bonds is 8. The Morgan fingerprint density at radius 1 is 1.15 bits per heavy atom. The maximum atomic E-state index is 11.8. The maximum Gasteiger partial charge on any atom is 0.243 e. The molecule has 0 radical (unpaired) electrons. The summed E-state index contributed by atoms with van der Waals surface area (Å²) in [5.41, 5.74) is 0. The van der Waals surface area contributed by atoms with Crippen molar-refractivity contribution in [3.63, 3.8) is 0 Å². The number of halogens is 1. The number of aryl methyl sites for hydroxylation is 1. The molecule has 8 heteroatoms. The van der Waals surface area contributed by atoms with E-state index in [1.807, 2.05) is 18.2 Å². The van der Waals surface area contributed by atoms with Crippen molar-refractivity contribution in [1.29, 1.82) is 0 Å². The normalized spacial score (nSPS) is 10.9. The fourth-order valence-corrected chi connectivity index (χ4v) is 3.69. The first-order chi connectivity index (χ1) is 12.5. The van der Waals surface area contributed by atoms with Crippen molar-refractivity contribution in [1.82, 2.24) is 15.5 Å². The van der Waals surface area contributed by atoms with Gasteiger partial charge in [0.15, 0.2) is 5.96 Å². The molecule has 0 saturated heterocycles. The Morgan fingerprint density at radius 3 is 2.52 bits per heavy atom. The molecule has 0 fully saturated rings. The van der Waals surface area contributed by atoms with Crippen LogP contribution >= 0.6 is 47.1 Å². The Balaban J connectivity index is 0.00000364. The molecule has 1 heterocycles. The molecule has 5 nitrogen and oxygen atoms in total. The van der Waals surface area contributed by atoms with E-state index >= 15 is 0 Å². The number of amides is 1. The molecule has 0 bridgehead atoms. The lowest BCUT2D eigenvalue weighted by atomic mass is 10.4. The van der Waals surface area contributed by atoms with E-state index < -0.39 is 0 Å². The number of carbonyl (C=O) groups excluding carboxylic acids is 1. The first-order valence-electron chi connectivity index (χ1n) is 8.50. The summed E-state index contributed by atoms with van der Waals surface area (Å²) in [6.07, 6.45) is 0. The van der Waals surface area contributed by atoms with Crippen molar-refractivity contribution in [2.45, 2.75) is 18.4 Å². The first kappa shape index (κ1) is 23.8. The van der Waals surface area contributed by atoms with Crippen LogP contribution in [0.25, 0.3) is 0 Å². The molecule has 148 valence electrons. The van der Waals surface area contributed by atoms with Crippen LogP contribution in [0.5, 0.6) is 0 Å². The number of hydrogen-bond donors (Lipinski definition) is 2. The summed E-state index contributed by atoms with van der Waals surface area (Å²) < 4.78 is 0. The molecule has 0 saturated carbocycles. The van der Waals surface area contributed by atoms with Gasteiger partial charge in [-0.05, 0) is 31.2 Å². The molecule has 27 heavy (non-hydrogen) atoms. The van der Waals surface area contributed by atoms with Crippen LogP contribution in [0.2, 0.25) is 0 Å². The van der Waals surface area contributed by atoms with Gasteiger partial charge in [0.25, 0.3) is 0 Å². The molecule has 2 aromatic rings. The van der Waals surface area contributed by atoms with Gasteiger partial charge < -0.3 is 15.5 Å². The number of nitrogens with zero attached hydrogens (tertiary/aromatic N) is 2. The van der Waals surface area contributed by atoms with Crippen molar-refractivity contribution in [2.24, 2.45) is 4.99 Å². The zero-order valence-corrected chi connectivity index (χ0v) is 19.9. The lowest BCUT2D eigenvalue weighted by Gasteiger charge is -2.13. The lowest BCUT2D eigenvalue weighted by Crippen LogP contribution is -2.39. The van der Waals surface area contributed by atoms with Crippen LogP contribution in [0.15, 0.2) is 52.4 Å². The second-order valence-electron chi connectivity index (χ2n) is 5.91. The highest BCUT2D eigenvalue weighted by Gasteiger charge is 2.05. The lowest BCUT2D eigenvalue weighted by molar-refractivity contribution is -0.127. The molecular weight excluding hydrogens is 491 g/mol. The van der Waals surface area contributed by atoms with Crippen LogP contribution in [-0.4, -0.2) is 49.7 Å². The fourth-order valence-electron chi connectivity index (χ4n) is 2.07. The molecule has 0 spiro atoms. The molecular formula is C19H27IN4OS2. The predicted molar refractivity (Wildman–Crippen MR) is 127 cm³/mol. The number of benzene rings is 1. The number of thiophene rings is 1. The van der Waals surface area contributed by atoms with Crippen LogP contribution in [0.4, 0.5) is 0 Å². The van der Waals surface area contributed by atoms with Crippen LogP contribution in [0.1, 0.15) is 9.75 Å². The molecule has 1 aromatic carbocycles. The number of guanidine groups is 1. The van der Waals surface area contributed by atoms with Gasteiger partial charge in [0.2, 0.25) is 5.91 Å². The minimum absolute atomic E-state index is 0. The molecule has 2 N–H and O–H groups in total. The Hall–Kier alpha value is -1.26. The maximum absolute atomic E-state index is 11.8. The minimum atomic E-state index is -0.0169. The SMILES string of the molecule is Cc1ccc(CNC(=NCC(=O)N(C)C)NCCSc2ccccc2)s1.I. The largest absolute Gasteiger partial charge is 0.356 e. The standard InChI is InChI=1S/C19H26N4OS2.HI/c1-15-9-10-17(26-15)13-21-19(22-14-18(24)23(2)3)20-11-12-25-16-7-5-4-6-8-16;/h4-10H,11-14H2,1-3H3,(H2,20,21,22);1H. The van der Waals surface area contributed by atoms with E-state index in [0.29, 0.717) is 12.5 Å². The highest BCUT2D eigenvalue weighted by molar-refractivity contribution is 14.0. The van der Waals surface area contributed by atoms with Gasteiger partial charge >= 0.3 is 0 Å². The van der Waals surface area contributed by atoms with Gasteiger partial charge in [-0.15, -0.1) is 47.1 Å². The predicted octanol–water partition coefficient (Wildman–Crippen LogP) is 3.59. The number of carbonyl (C=O) groups is 1. The van der Waals surface area contributed by atoms with Gasteiger partial charge in [0.1, 0.15) is 6.54 Å². The van der Waals surface area contributed by atoms with E-state index in [4.69, 9.17) is 0 Å². The van der Waals surface area contributed by atoms with Gasteiger partial charge in [0.05, 0.1) is 6.54 Å². The van der Waals surface area contributed by atoms with Gasteiger partial charge in [0, 0.05) is 41.0 Å². The summed E-state index contributed by atoms with van der Waals surface area (Å²) in [6.45, 7) is 3.70. The van der Waals surface area contributed by atoms with Crippen LogP contribution in [0, 0.1) is 6.92 Å². The van der Waals surface area contributed by atoms with Crippen molar-refractivity contribution in [3.05, 3.63) is 52.2 Å². The first-order valence-corrected chi connectivity index (χ1v) is 10.3. The molecule has 2 rings (SSSR count). The van der Waals surface area contributed by atoms with Crippen molar-refractivity contribution in [3.8, 4) is 0 Å². The molecule has 0 aliphatic rings. The molecule has 0 aliphatic carbocycles. The fraction of sp³-hybridized carbons (Fsp3) is 0.368. The zero-order valence-electron chi connectivity index (χ0n) is 15.9. The molecule has 0 atom stereocenters. The number of thioether (sulfide) groups is 1. The van der Waals surface area contributed by atoms with Crippen molar-refractivity contribution < 1.29 is 4.79 Å². The van der Waals surface area contributed by atoms with Crippen LogP contribution < -0.4 is 10.6 Å². The highest BCUT2D eigenvalue weighted by Crippen LogP contribution is 2.16. The molecule has 1 aromatic heterocycles. The number of likely N-dealkylation sites (N-methyl/N-ethyl adjacent to an activating group) is 1. The van der Waals surface area contributed by atoms with Crippen molar-refractivity contribution in [2.75, 3.05) is 32.9 Å². The second-order valence-corrected chi connectivity index (χ2v) is 8.45. The summed E-state index contributed by atoms with van der Waals surface area (Å²) in [4.78, 5) is 21.5. The van der Waals surface area contributed by atoms with E-state index in [2.05, 4.69) is 46.8 Å². The highest BCUT2D eigenvalue weighted by atomic mass is 127. The van der Waals surface area contributed by atoms with Gasteiger partial charge in [-0.25, -0.2) is 4.99 Å². The summed E-state index contributed by atoms with van der Waals surface area (Å²) in [5, 5.41) is 6.62. The molecule has 0 unspecified atom stereocenters. The van der Waals surface area contributed by atoms with E-state index in [1.54, 1.807) is 42.1 Å². The Labute approximate surface area is 187 Å². The van der Waals surface area contributed by atoms with Crippen LogP contribution in [-0.2, 0) is 11.3 Å². The average Bonchev–Trinajstić information content (AvgIpc) is 3.06. The average molecular weight is 518 g/mol. The van der Waals surface area contributed by atoms with E-state index in [9.17, 15) is 4.79 Å². The molecule has 0 aliphatic heterocycles. The zero-order chi connectivity index (χ0) is 18.8. The Kier molecular flexibility index (Phi) is 11.5. The van der Waals surface area contributed by atoms with Gasteiger partial charge in [-0.3, -0.25) is 4.79 Å². The van der Waals surface area contributed by atoms with Gasteiger partial charge in [-0.2, -0.15) is 0 Å². The third kappa shape index (κ3) is 9.48. The quantitative estimate of drug-likeness (QED) is 0.185. The third-order valence-corrected chi connectivity index (χ3v) is 5.52. The number of nitrogens with one attached hydrogen (secondary N) is 2. The van der Waals surface area contributed by atoms with E-state index in [0.717, 1.165) is 12.3 Å². The number of aliphatic imine (C=N–C) groups is 1. The Bertz CT molecular complexity index is 720. The van der Waals surface area contributed by atoms with E-state index in [-0.39, 0.29) is 36.4 Å². The van der Waals surface area contributed by atoms with Crippen molar-refractivity contribution >= 4 is 58.9 Å². The smallest absolute Gasteiger partial charge is 0.243 e. The summed E-state index contributed by atoms with van der Waals surface area (Å²) in [6, 6.07) is 14.5. The number of hydrogen-bond acceptors (Lipinski definition) is 4. The Morgan fingerprint density at radius 2 is 1.89 bits per heavy atom. The third-order valence-electron chi connectivity index (χ3n) is 3.50. The monoisotopic (exact) mass is 518 g/mol. The van der Waals surface area contributed by atoms with Crippen LogP contribution in [0.3, 0.4) is 0 Å². The van der Waals surface area contributed by atoms with E-state index in [1.165, 1.54) is 14.6 Å².